The summed E-state index contributed by atoms with van der Waals surface area (Å²) in [5.74, 6) is 0. The number of benzene rings is 1. The van der Waals surface area contributed by atoms with Gasteiger partial charge in [0.1, 0.15) is 4.90 Å². The summed E-state index contributed by atoms with van der Waals surface area (Å²) in [5.41, 5.74) is 6.42. The fraction of sp³-hybridized carbons (Fsp3) is 0.167. The molecule has 2 aromatic rings. The third-order valence-electron chi connectivity index (χ3n) is 2.58. The zero-order chi connectivity index (χ0) is 14.8. The molecule has 0 atom stereocenters. The Balaban J connectivity index is 2.14. The van der Waals surface area contributed by atoms with E-state index < -0.39 is 10.0 Å². The third-order valence-corrected chi connectivity index (χ3v) is 6.78. The molecular weight excluding hydrogens is 428 g/mol. The molecule has 0 aliphatic carbocycles. The van der Waals surface area contributed by atoms with Crippen LogP contribution in [0.25, 0.3) is 0 Å². The van der Waals surface area contributed by atoms with Crippen LogP contribution >= 0.6 is 43.2 Å². The van der Waals surface area contributed by atoms with E-state index in [4.69, 9.17) is 5.73 Å². The summed E-state index contributed by atoms with van der Waals surface area (Å²) in [6.45, 7) is 0.571. The number of rotatable bonds is 5. The Kier molecular flexibility index (Phi) is 5.38. The van der Waals surface area contributed by atoms with Gasteiger partial charge in [-0.3, -0.25) is 0 Å². The van der Waals surface area contributed by atoms with Crippen molar-refractivity contribution in [3.8, 4) is 0 Å². The van der Waals surface area contributed by atoms with Crippen molar-refractivity contribution in [2.75, 3.05) is 0 Å². The minimum atomic E-state index is -3.54. The molecule has 0 amide bonds. The first-order valence-electron chi connectivity index (χ1n) is 5.65. The van der Waals surface area contributed by atoms with Crippen molar-refractivity contribution < 1.29 is 8.42 Å². The topological polar surface area (TPSA) is 72.2 Å². The van der Waals surface area contributed by atoms with E-state index in [2.05, 4.69) is 36.6 Å². The first-order valence-corrected chi connectivity index (χ1v) is 9.53. The molecule has 0 aliphatic heterocycles. The third kappa shape index (κ3) is 3.90. The molecule has 0 aliphatic rings. The molecule has 1 heterocycles. The average Bonchev–Trinajstić information content (AvgIpc) is 2.80. The van der Waals surface area contributed by atoms with Gasteiger partial charge in [0.05, 0.1) is 3.79 Å². The molecule has 0 saturated heterocycles. The highest BCUT2D eigenvalue weighted by atomic mass is 79.9. The molecule has 108 valence electrons. The zero-order valence-electron chi connectivity index (χ0n) is 10.3. The minimum absolute atomic E-state index is 0.236. The van der Waals surface area contributed by atoms with Crippen LogP contribution in [0.15, 0.2) is 43.5 Å². The smallest absolute Gasteiger partial charge is 0.242 e. The second-order valence-corrected chi connectivity index (χ2v) is 9.11. The first kappa shape index (κ1) is 16.1. The Hall–Kier alpha value is -0.250. The van der Waals surface area contributed by atoms with Crippen LogP contribution in [0.1, 0.15) is 10.4 Å². The molecule has 4 nitrogen and oxygen atoms in total. The lowest BCUT2D eigenvalue weighted by molar-refractivity contribution is 0.581. The highest BCUT2D eigenvalue weighted by Gasteiger charge is 2.20. The van der Waals surface area contributed by atoms with Gasteiger partial charge < -0.3 is 5.73 Å². The second kappa shape index (κ2) is 6.67. The van der Waals surface area contributed by atoms with Gasteiger partial charge in [-0.05, 0) is 39.7 Å². The summed E-state index contributed by atoms with van der Waals surface area (Å²) in [4.78, 5) is 1.06. The number of thiophene rings is 1. The van der Waals surface area contributed by atoms with Gasteiger partial charge in [0.25, 0.3) is 0 Å². The number of nitrogens with two attached hydrogens (primary N) is 1. The summed E-state index contributed by atoms with van der Waals surface area (Å²) in [7, 11) is -3.54. The molecule has 8 heteroatoms. The SMILES string of the molecule is NCc1cc(S(=O)(=O)NCc2ccc(Br)cc2)c(Br)s1. The highest BCUT2D eigenvalue weighted by molar-refractivity contribution is 9.11. The van der Waals surface area contributed by atoms with Gasteiger partial charge >= 0.3 is 0 Å². The summed E-state index contributed by atoms with van der Waals surface area (Å²) >= 11 is 7.94. The summed E-state index contributed by atoms with van der Waals surface area (Å²) in [6, 6.07) is 9.06. The molecule has 0 saturated carbocycles. The van der Waals surface area contributed by atoms with E-state index in [0.29, 0.717) is 10.3 Å². The molecule has 0 unspecified atom stereocenters. The Labute approximate surface area is 138 Å². The van der Waals surface area contributed by atoms with Gasteiger partial charge in [0.2, 0.25) is 10.0 Å². The average molecular weight is 440 g/mol. The van der Waals surface area contributed by atoms with Crippen LogP contribution in [0.2, 0.25) is 0 Å². The molecular formula is C12H12Br2N2O2S2. The van der Waals surface area contributed by atoms with E-state index in [9.17, 15) is 8.42 Å². The number of hydrogen-bond donors (Lipinski definition) is 2. The van der Waals surface area contributed by atoms with Gasteiger partial charge in [0.15, 0.2) is 0 Å². The van der Waals surface area contributed by atoms with Crippen LogP contribution in [0.3, 0.4) is 0 Å². The van der Waals surface area contributed by atoms with Crippen LogP contribution in [0.4, 0.5) is 0 Å². The quantitative estimate of drug-likeness (QED) is 0.751. The van der Waals surface area contributed by atoms with E-state index in [1.807, 2.05) is 24.3 Å². The summed E-state index contributed by atoms with van der Waals surface area (Å²) < 4.78 is 28.6. The molecule has 1 aromatic carbocycles. The Bertz CT molecular complexity index is 697. The van der Waals surface area contributed by atoms with Gasteiger partial charge in [-0.15, -0.1) is 11.3 Å². The molecule has 0 radical (unpaired) electrons. The Morgan fingerprint density at radius 3 is 2.40 bits per heavy atom. The van der Waals surface area contributed by atoms with E-state index in [0.717, 1.165) is 14.9 Å². The number of halogens is 2. The standard InChI is InChI=1S/C12H12Br2N2O2S2/c13-9-3-1-8(2-4-9)7-16-20(17,18)11-5-10(6-15)19-12(11)14/h1-5,16H,6-7,15H2. The van der Waals surface area contributed by atoms with Crippen molar-refractivity contribution in [1.29, 1.82) is 0 Å². The number of hydrogen-bond acceptors (Lipinski definition) is 4. The van der Waals surface area contributed by atoms with E-state index >= 15 is 0 Å². The van der Waals surface area contributed by atoms with Crippen molar-refractivity contribution in [3.63, 3.8) is 0 Å². The molecule has 2 rings (SSSR count). The lowest BCUT2D eigenvalue weighted by Gasteiger charge is -2.06. The van der Waals surface area contributed by atoms with Crippen molar-refractivity contribution >= 4 is 53.2 Å². The van der Waals surface area contributed by atoms with Crippen molar-refractivity contribution in [2.45, 2.75) is 18.0 Å². The van der Waals surface area contributed by atoms with Gasteiger partial charge in [-0.1, -0.05) is 28.1 Å². The van der Waals surface area contributed by atoms with Crippen LogP contribution in [-0.4, -0.2) is 8.42 Å². The normalized spacial score (nSPS) is 11.8. The first-order chi connectivity index (χ1) is 9.42. The largest absolute Gasteiger partial charge is 0.326 e. The maximum absolute atomic E-state index is 12.2. The highest BCUT2D eigenvalue weighted by Crippen LogP contribution is 2.31. The summed E-state index contributed by atoms with van der Waals surface area (Å²) in [6.07, 6.45) is 0. The molecule has 0 spiro atoms. The van der Waals surface area contributed by atoms with Crippen LogP contribution in [-0.2, 0) is 23.1 Å². The fourth-order valence-corrected chi connectivity index (χ4v) is 5.38. The van der Waals surface area contributed by atoms with E-state index in [1.165, 1.54) is 11.3 Å². The second-order valence-electron chi connectivity index (χ2n) is 4.01. The van der Waals surface area contributed by atoms with Crippen molar-refractivity contribution in [2.24, 2.45) is 5.73 Å². The lowest BCUT2D eigenvalue weighted by Crippen LogP contribution is -2.23. The fourth-order valence-electron chi connectivity index (χ4n) is 1.54. The van der Waals surface area contributed by atoms with Crippen molar-refractivity contribution in [1.82, 2.24) is 4.72 Å². The van der Waals surface area contributed by atoms with Gasteiger partial charge in [-0.25, -0.2) is 13.1 Å². The monoisotopic (exact) mass is 438 g/mol. The molecule has 20 heavy (non-hydrogen) atoms. The maximum Gasteiger partial charge on any atom is 0.242 e. The molecule has 1 aromatic heterocycles. The minimum Gasteiger partial charge on any atom is -0.326 e. The predicted molar refractivity (Wildman–Crippen MR) is 88.1 cm³/mol. The Morgan fingerprint density at radius 2 is 1.85 bits per heavy atom. The predicted octanol–water partition coefficient (Wildman–Crippen LogP) is 3.21. The van der Waals surface area contributed by atoms with E-state index in [-0.39, 0.29) is 11.4 Å². The van der Waals surface area contributed by atoms with Crippen LogP contribution < -0.4 is 10.5 Å². The number of nitrogens with one attached hydrogen (secondary N) is 1. The Morgan fingerprint density at radius 1 is 1.20 bits per heavy atom. The maximum atomic E-state index is 12.2. The number of sulfonamides is 1. The van der Waals surface area contributed by atoms with Crippen LogP contribution in [0, 0.1) is 0 Å². The lowest BCUT2D eigenvalue weighted by atomic mass is 10.2. The van der Waals surface area contributed by atoms with Gasteiger partial charge in [-0.2, -0.15) is 0 Å². The molecule has 0 fully saturated rings. The van der Waals surface area contributed by atoms with Crippen LogP contribution in [0.5, 0.6) is 0 Å². The molecule has 3 N–H and O–H groups in total. The summed E-state index contributed by atoms with van der Waals surface area (Å²) in [5, 5.41) is 0. The van der Waals surface area contributed by atoms with Gasteiger partial charge in [0, 0.05) is 22.4 Å². The van der Waals surface area contributed by atoms with Crippen molar-refractivity contribution in [3.05, 3.63) is 49.0 Å². The van der Waals surface area contributed by atoms with E-state index in [1.54, 1.807) is 6.07 Å². The molecule has 0 bridgehead atoms. The zero-order valence-corrected chi connectivity index (χ0v) is 15.1.